The fraction of sp³-hybridized carbons (Fsp3) is 0.833. The van der Waals surface area contributed by atoms with E-state index in [-0.39, 0.29) is 11.9 Å². The molecule has 6 nitrogen and oxygen atoms in total. The molecule has 106 valence electrons. The van der Waals surface area contributed by atoms with E-state index in [2.05, 4.69) is 22.7 Å². The van der Waals surface area contributed by atoms with E-state index in [9.17, 15) is 4.79 Å². The van der Waals surface area contributed by atoms with Crippen molar-refractivity contribution in [2.24, 2.45) is 10.8 Å². The minimum absolute atomic E-state index is 0.0541. The van der Waals surface area contributed by atoms with Gasteiger partial charge in [-0.05, 0) is 27.2 Å². The van der Waals surface area contributed by atoms with Gasteiger partial charge in [-0.2, -0.15) is 0 Å². The number of rotatable bonds is 7. The predicted molar refractivity (Wildman–Crippen MR) is 75.1 cm³/mol. The first-order valence-electron chi connectivity index (χ1n) is 6.66. The van der Waals surface area contributed by atoms with Crippen LogP contribution in [0.25, 0.3) is 0 Å². The highest BCUT2D eigenvalue weighted by molar-refractivity contribution is 5.88. The molecule has 6 heteroatoms. The molecule has 4 N–H and O–H groups in total. The molecule has 0 spiro atoms. The van der Waals surface area contributed by atoms with Gasteiger partial charge in [0.05, 0.1) is 0 Å². The zero-order valence-corrected chi connectivity index (χ0v) is 12.0. The molecule has 0 aromatic rings. The zero-order chi connectivity index (χ0) is 14.0. The number of nitrogens with one attached hydrogen (secondary N) is 2. The average Bonchev–Trinajstić information content (AvgIpc) is 2.38. The van der Waals surface area contributed by atoms with Gasteiger partial charge in [-0.25, -0.2) is 5.84 Å². The van der Waals surface area contributed by atoms with E-state index < -0.39 is 0 Å². The number of guanidine groups is 1. The van der Waals surface area contributed by atoms with Gasteiger partial charge in [-0.15, -0.1) is 0 Å². The molecule has 0 aliphatic rings. The van der Waals surface area contributed by atoms with Crippen LogP contribution >= 0.6 is 0 Å². The molecule has 0 fully saturated rings. The van der Waals surface area contributed by atoms with Crippen LogP contribution in [-0.4, -0.2) is 42.4 Å². The normalized spacial score (nSPS) is 13.1. The quantitative estimate of drug-likeness (QED) is 0.203. The second kappa shape index (κ2) is 9.70. The standard InChI is InChI=1S/C12H27N5O/c1-5-8-9-14-12(16-13)15-10(4)11(18)17(6-2)7-3/h10H,5-9,13H2,1-4H3,(H2,14,15,16). The Labute approximate surface area is 110 Å². The Kier molecular flexibility index (Phi) is 9.00. The first-order valence-corrected chi connectivity index (χ1v) is 6.66. The van der Waals surface area contributed by atoms with Crippen LogP contribution in [0.15, 0.2) is 4.99 Å². The van der Waals surface area contributed by atoms with Crippen molar-refractivity contribution in [1.29, 1.82) is 0 Å². The Hall–Kier alpha value is -1.30. The van der Waals surface area contributed by atoms with Crippen molar-refractivity contribution in [3.63, 3.8) is 0 Å². The number of unbranched alkanes of at least 4 members (excludes halogenated alkanes) is 1. The fourth-order valence-electron chi connectivity index (χ4n) is 1.56. The lowest BCUT2D eigenvalue weighted by atomic mass is 10.3. The van der Waals surface area contributed by atoms with Crippen molar-refractivity contribution in [2.45, 2.75) is 46.6 Å². The van der Waals surface area contributed by atoms with Gasteiger partial charge < -0.3 is 10.2 Å². The van der Waals surface area contributed by atoms with Crippen molar-refractivity contribution in [3.05, 3.63) is 0 Å². The summed E-state index contributed by atoms with van der Waals surface area (Å²) in [4.78, 5) is 18.1. The number of aliphatic imine (C=N–C) groups is 1. The maximum Gasteiger partial charge on any atom is 0.244 e. The van der Waals surface area contributed by atoms with E-state index >= 15 is 0 Å². The highest BCUT2D eigenvalue weighted by Gasteiger charge is 2.18. The third kappa shape index (κ3) is 5.86. The Balaban J connectivity index is 4.37. The highest BCUT2D eigenvalue weighted by Crippen LogP contribution is 1.95. The van der Waals surface area contributed by atoms with Crippen molar-refractivity contribution < 1.29 is 4.79 Å². The number of carbonyl (C=O) groups excluding carboxylic acids is 1. The molecular formula is C12H27N5O. The van der Waals surface area contributed by atoms with Gasteiger partial charge in [0.2, 0.25) is 11.9 Å². The number of likely N-dealkylation sites (N-methyl/N-ethyl adjacent to an activating group) is 1. The molecule has 0 heterocycles. The number of hydrazine groups is 1. The minimum Gasteiger partial charge on any atom is -0.344 e. The van der Waals surface area contributed by atoms with E-state index in [1.807, 2.05) is 20.8 Å². The second-order valence-corrected chi connectivity index (χ2v) is 4.10. The van der Waals surface area contributed by atoms with Crippen LogP contribution in [0.1, 0.15) is 40.5 Å². The molecule has 0 aromatic carbocycles. The van der Waals surface area contributed by atoms with Gasteiger partial charge >= 0.3 is 0 Å². The summed E-state index contributed by atoms with van der Waals surface area (Å²) in [6, 6.07) is -0.332. The van der Waals surface area contributed by atoms with E-state index in [1.54, 1.807) is 4.90 Å². The van der Waals surface area contributed by atoms with Crippen molar-refractivity contribution in [2.75, 3.05) is 19.6 Å². The van der Waals surface area contributed by atoms with Crippen LogP contribution < -0.4 is 16.6 Å². The zero-order valence-electron chi connectivity index (χ0n) is 12.0. The Morgan fingerprint density at radius 2 is 1.94 bits per heavy atom. The Morgan fingerprint density at radius 1 is 1.33 bits per heavy atom. The number of hydrogen-bond donors (Lipinski definition) is 3. The van der Waals surface area contributed by atoms with E-state index in [4.69, 9.17) is 5.84 Å². The van der Waals surface area contributed by atoms with Crippen LogP contribution in [-0.2, 0) is 4.79 Å². The minimum atomic E-state index is -0.332. The lowest BCUT2D eigenvalue weighted by Crippen LogP contribution is -2.52. The predicted octanol–water partition coefficient (Wildman–Crippen LogP) is 0.452. The lowest BCUT2D eigenvalue weighted by molar-refractivity contribution is -0.132. The third-order valence-electron chi connectivity index (χ3n) is 2.72. The number of nitrogens with two attached hydrogens (primary N) is 1. The maximum atomic E-state index is 12.0. The molecule has 0 radical (unpaired) electrons. The Morgan fingerprint density at radius 3 is 2.39 bits per heavy atom. The molecule has 0 rings (SSSR count). The highest BCUT2D eigenvalue weighted by atomic mass is 16.2. The van der Waals surface area contributed by atoms with Crippen LogP contribution in [0.5, 0.6) is 0 Å². The molecule has 1 atom stereocenters. The summed E-state index contributed by atoms with van der Waals surface area (Å²) in [6.07, 6.45) is 2.08. The molecule has 0 saturated carbocycles. The van der Waals surface area contributed by atoms with Crippen LogP contribution in [0, 0.1) is 0 Å². The Bertz CT molecular complexity index is 263. The van der Waals surface area contributed by atoms with Gasteiger partial charge in [-0.3, -0.25) is 15.2 Å². The smallest absolute Gasteiger partial charge is 0.244 e. The molecule has 0 bridgehead atoms. The summed E-state index contributed by atoms with van der Waals surface area (Å²) in [7, 11) is 0. The summed E-state index contributed by atoms with van der Waals surface area (Å²) in [5.41, 5.74) is 2.49. The number of hydrogen-bond acceptors (Lipinski definition) is 3. The fourth-order valence-corrected chi connectivity index (χ4v) is 1.56. The number of nitrogens with zero attached hydrogens (tertiary/aromatic N) is 2. The largest absolute Gasteiger partial charge is 0.344 e. The van der Waals surface area contributed by atoms with Crippen molar-refractivity contribution in [1.82, 2.24) is 15.6 Å². The van der Waals surface area contributed by atoms with Gasteiger partial charge in [0, 0.05) is 19.6 Å². The molecular weight excluding hydrogens is 230 g/mol. The molecule has 18 heavy (non-hydrogen) atoms. The van der Waals surface area contributed by atoms with Crippen molar-refractivity contribution >= 4 is 11.9 Å². The maximum absolute atomic E-state index is 12.0. The number of carbonyl (C=O) groups is 1. The average molecular weight is 257 g/mol. The van der Waals surface area contributed by atoms with E-state index in [1.165, 1.54) is 0 Å². The van der Waals surface area contributed by atoms with Gasteiger partial charge in [-0.1, -0.05) is 13.3 Å². The molecule has 0 aliphatic carbocycles. The van der Waals surface area contributed by atoms with Gasteiger partial charge in [0.1, 0.15) is 6.04 Å². The summed E-state index contributed by atoms with van der Waals surface area (Å²) in [5.74, 6) is 5.90. The number of amides is 1. The van der Waals surface area contributed by atoms with Crippen LogP contribution in [0.3, 0.4) is 0 Å². The third-order valence-corrected chi connectivity index (χ3v) is 2.72. The summed E-state index contributed by atoms with van der Waals surface area (Å²) in [6.45, 7) is 9.96. The van der Waals surface area contributed by atoms with Crippen LogP contribution in [0.4, 0.5) is 0 Å². The van der Waals surface area contributed by atoms with Gasteiger partial charge in [0.15, 0.2) is 0 Å². The molecule has 0 aliphatic heterocycles. The SMILES string of the molecule is CCCCN=C(NN)NC(C)C(=O)N(CC)CC. The summed E-state index contributed by atoms with van der Waals surface area (Å²) >= 11 is 0. The summed E-state index contributed by atoms with van der Waals surface area (Å²) < 4.78 is 0. The molecule has 1 unspecified atom stereocenters. The molecule has 0 saturated heterocycles. The first kappa shape index (κ1) is 16.7. The summed E-state index contributed by atoms with van der Waals surface area (Å²) in [5, 5.41) is 3.00. The van der Waals surface area contributed by atoms with Gasteiger partial charge in [0.25, 0.3) is 0 Å². The van der Waals surface area contributed by atoms with E-state index in [0.29, 0.717) is 25.6 Å². The topological polar surface area (TPSA) is 82.7 Å². The second-order valence-electron chi connectivity index (χ2n) is 4.10. The lowest BCUT2D eigenvalue weighted by Gasteiger charge is -2.24. The van der Waals surface area contributed by atoms with Crippen LogP contribution in [0.2, 0.25) is 0 Å². The first-order chi connectivity index (χ1) is 8.60. The molecule has 1 amide bonds. The molecule has 0 aromatic heterocycles. The van der Waals surface area contributed by atoms with Crippen molar-refractivity contribution in [3.8, 4) is 0 Å². The van der Waals surface area contributed by atoms with E-state index in [0.717, 1.165) is 12.8 Å². The monoisotopic (exact) mass is 257 g/mol.